The predicted octanol–water partition coefficient (Wildman–Crippen LogP) is 3.53. The summed E-state index contributed by atoms with van der Waals surface area (Å²) in [7, 11) is 2.02. The van der Waals surface area contributed by atoms with Crippen molar-refractivity contribution in [3.05, 3.63) is 65.5 Å². The maximum atomic E-state index is 13.9. The molecule has 1 unspecified atom stereocenters. The quantitative estimate of drug-likeness (QED) is 0.911. The highest BCUT2D eigenvalue weighted by Gasteiger charge is 2.30. The number of para-hydroxylation sites is 1. The van der Waals surface area contributed by atoms with E-state index in [2.05, 4.69) is 30.9 Å². The summed E-state index contributed by atoms with van der Waals surface area (Å²) in [5, 5.41) is 0. The van der Waals surface area contributed by atoms with Crippen LogP contribution in [0.5, 0.6) is 0 Å². The first-order valence-electron chi connectivity index (χ1n) is 7.21. The van der Waals surface area contributed by atoms with E-state index in [4.69, 9.17) is 5.73 Å². The predicted molar refractivity (Wildman–Crippen MR) is 87.1 cm³/mol. The second-order valence-electron chi connectivity index (χ2n) is 5.81. The summed E-state index contributed by atoms with van der Waals surface area (Å²) in [6.07, 6.45) is 0.570. The lowest BCUT2D eigenvalue weighted by Crippen LogP contribution is -2.52. The fraction of sp³-hybridized carbons (Fsp3) is 0.333. The number of rotatable bonds is 5. The van der Waals surface area contributed by atoms with E-state index in [0.29, 0.717) is 18.5 Å². The van der Waals surface area contributed by atoms with Crippen LogP contribution in [-0.2, 0) is 6.42 Å². The monoisotopic (exact) mass is 286 g/mol. The van der Waals surface area contributed by atoms with E-state index in [0.717, 1.165) is 5.69 Å². The number of hydrogen-bond acceptors (Lipinski definition) is 2. The number of likely N-dealkylation sites (N-methyl/N-ethyl adjacent to an activating group) is 1. The largest absolute Gasteiger partial charge is 0.367 e. The van der Waals surface area contributed by atoms with Crippen LogP contribution in [0.1, 0.15) is 18.1 Å². The van der Waals surface area contributed by atoms with E-state index in [9.17, 15) is 4.39 Å². The van der Waals surface area contributed by atoms with E-state index < -0.39 is 0 Å². The lowest BCUT2D eigenvalue weighted by atomic mass is 9.90. The molecule has 1 atom stereocenters. The maximum Gasteiger partial charge on any atom is 0.126 e. The van der Waals surface area contributed by atoms with Crippen molar-refractivity contribution in [2.24, 2.45) is 5.73 Å². The summed E-state index contributed by atoms with van der Waals surface area (Å²) < 4.78 is 13.9. The van der Waals surface area contributed by atoms with Gasteiger partial charge in [0.15, 0.2) is 0 Å². The molecule has 0 spiro atoms. The molecule has 0 amide bonds. The molecule has 2 N–H and O–H groups in total. The first-order valence-corrected chi connectivity index (χ1v) is 7.21. The molecule has 21 heavy (non-hydrogen) atoms. The number of nitrogens with two attached hydrogens (primary N) is 1. The topological polar surface area (TPSA) is 29.3 Å². The number of benzene rings is 2. The van der Waals surface area contributed by atoms with Gasteiger partial charge < -0.3 is 10.6 Å². The number of anilines is 1. The molecule has 0 saturated carbocycles. The maximum absolute atomic E-state index is 13.9. The average Bonchev–Trinajstić information content (AvgIpc) is 2.49. The van der Waals surface area contributed by atoms with Crippen LogP contribution in [0.4, 0.5) is 10.1 Å². The van der Waals surface area contributed by atoms with Crippen molar-refractivity contribution < 1.29 is 4.39 Å². The lowest BCUT2D eigenvalue weighted by Gasteiger charge is -2.40. The van der Waals surface area contributed by atoms with E-state index >= 15 is 0 Å². The van der Waals surface area contributed by atoms with Gasteiger partial charge in [-0.3, -0.25) is 0 Å². The van der Waals surface area contributed by atoms with Gasteiger partial charge in [0.2, 0.25) is 0 Å². The Morgan fingerprint density at radius 3 is 2.33 bits per heavy atom. The van der Waals surface area contributed by atoms with Crippen LogP contribution in [-0.4, -0.2) is 19.1 Å². The van der Waals surface area contributed by atoms with Gasteiger partial charge in [0.1, 0.15) is 5.82 Å². The number of halogens is 1. The van der Waals surface area contributed by atoms with Crippen molar-refractivity contribution in [2.45, 2.75) is 25.8 Å². The zero-order valence-corrected chi connectivity index (χ0v) is 12.9. The summed E-state index contributed by atoms with van der Waals surface area (Å²) >= 11 is 0. The van der Waals surface area contributed by atoms with E-state index in [1.807, 2.05) is 31.3 Å². The zero-order chi connectivity index (χ0) is 15.5. The number of aryl methyl sites for hydroxylation is 1. The van der Waals surface area contributed by atoms with Gasteiger partial charge in [-0.1, -0.05) is 36.4 Å². The standard InChI is InChI=1S/C18H23FN2/c1-14-8-4-7-11-17(14)21(3)18(2,13-20)12-15-9-5-6-10-16(15)19/h4-11H,12-13,20H2,1-3H3. The van der Waals surface area contributed by atoms with E-state index in [1.54, 1.807) is 6.07 Å². The van der Waals surface area contributed by atoms with Crippen molar-refractivity contribution in [1.82, 2.24) is 0 Å². The van der Waals surface area contributed by atoms with Gasteiger partial charge >= 0.3 is 0 Å². The zero-order valence-electron chi connectivity index (χ0n) is 12.9. The highest BCUT2D eigenvalue weighted by molar-refractivity contribution is 5.54. The van der Waals surface area contributed by atoms with Gasteiger partial charge in [0.05, 0.1) is 5.54 Å². The normalized spacial score (nSPS) is 13.8. The molecule has 0 aliphatic heterocycles. The van der Waals surface area contributed by atoms with Crippen molar-refractivity contribution in [2.75, 3.05) is 18.5 Å². The second-order valence-corrected chi connectivity index (χ2v) is 5.81. The Balaban J connectivity index is 2.33. The molecule has 0 radical (unpaired) electrons. The number of hydrogen-bond donors (Lipinski definition) is 1. The van der Waals surface area contributed by atoms with Crippen molar-refractivity contribution in [3.63, 3.8) is 0 Å². The van der Waals surface area contributed by atoms with Gasteiger partial charge in [-0.2, -0.15) is 0 Å². The summed E-state index contributed by atoms with van der Waals surface area (Å²) in [6.45, 7) is 4.60. The molecule has 0 aliphatic rings. The Hall–Kier alpha value is -1.87. The van der Waals surface area contributed by atoms with Gasteiger partial charge in [0.25, 0.3) is 0 Å². The number of nitrogens with zero attached hydrogens (tertiary/aromatic N) is 1. The van der Waals surface area contributed by atoms with Gasteiger partial charge in [-0.15, -0.1) is 0 Å². The Kier molecular flexibility index (Phi) is 4.63. The van der Waals surface area contributed by atoms with Gasteiger partial charge in [-0.05, 0) is 43.5 Å². The SMILES string of the molecule is Cc1ccccc1N(C)C(C)(CN)Cc1ccccc1F. The van der Waals surface area contributed by atoms with Gasteiger partial charge in [-0.25, -0.2) is 4.39 Å². The first kappa shape index (κ1) is 15.5. The third-order valence-electron chi connectivity index (χ3n) is 4.26. The van der Waals surface area contributed by atoms with Crippen molar-refractivity contribution in [3.8, 4) is 0 Å². The fourth-order valence-corrected chi connectivity index (χ4v) is 2.61. The summed E-state index contributed by atoms with van der Waals surface area (Å²) in [6, 6.07) is 15.1. The molecule has 0 heterocycles. The summed E-state index contributed by atoms with van der Waals surface area (Å²) in [4.78, 5) is 2.16. The minimum Gasteiger partial charge on any atom is -0.367 e. The highest BCUT2D eigenvalue weighted by Crippen LogP contribution is 2.28. The molecular formula is C18H23FN2. The van der Waals surface area contributed by atoms with Crippen LogP contribution in [0.2, 0.25) is 0 Å². The van der Waals surface area contributed by atoms with Crippen LogP contribution >= 0.6 is 0 Å². The molecule has 3 heteroatoms. The third kappa shape index (κ3) is 3.24. The molecule has 112 valence electrons. The molecule has 2 rings (SSSR count). The first-order chi connectivity index (χ1) is 9.98. The lowest BCUT2D eigenvalue weighted by molar-refractivity contribution is 0.439. The second kappa shape index (κ2) is 6.27. The van der Waals surface area contributed by atoms with Crippen LogP contribution in [0.25, 0.3) is 0 Å². The minimum absolute atomic E-state index is 0.171. The molecule has 2 aromatic rings. The highest BCUT2D eigenvalue weighted by atomic mass is 19.1. The van der Waals surface area contributed by atoms with E-state index in [-0.39, 0.29) is 11.4 Å². The molecule has 2 aromatic carbocycles. The van der Waals surface area contributed by atoms with Crippen molar-refractivity contribution in [1.29, 1.82) is 0 Å². The Bertz CT molecular complexity index is 612. The van der Waals surface area contributed by atoms with E-state index in [1.165, 1.54) is 11.6 Å². The summed E-state index contributed by atoms with van der Waals surface area (Å²) in [5.41, 5.74) is 8.70. The Morgan fingerprint density at radius 2 is 1.71 bits per heavy atom. The minimum atomic E-state index is -0.339. The smallest absolute Gasteiger partial charge is 0.126 e. The third-order valence-corrected chi connectivity index (χ3v) is 4.26. The molecule has 0 aliphatic carbocycles. The molecular weight excluding hydrogens is 263 g/mol. The fourth-order valence-electron chi connectivity index (χ4n) is 2.61. The molecule has 0 saturated heterocycles. The Morgan fingerprint density at radius 1 is 1.10 bits per heavy atom. The van der Waals surface area contributed by atoms with Crippen LogP contribution in [0, 0.1) is 12.7 Å². The molecule has 0 bridgehead atoms. The molecule has 2 nitrogen and oxygen atoms in total. The molecule has 0 fully saturated rings. The van der Waals surface area contributed by atoms with Crippen LogP contribution in [0.3, 0.4) is 0 Å². The Labute approximate surface area is 126 Å². The molecule has 0 aromatic heterocycles. The van der Waals surface area contributed by atoms with Crippen LogP contribution < -0.4 is 10.6 Å². The van der Waals surface area contributed by atoms with Crippen molar-refractivity contribution >= 4 is 5.69 Å². The average molecular weight is 286 g/mol. The van der Waals surface area contributed by atoms with Gasteiger partial charge in [0, 0.05) is 19.3 Å². The van der Waals surface area contributed by atoms with Crippen LogP contribution in [0.15, 0.2) is 48.5 Å². The summed E-state index contributed by atoms with van der Waals surface area (Å²) in [5.74, 6) is -0.171.